The van der Waals surface area contributed by atoms with Crippen LogP contribution >= 0.6 is 0 Å². The van der Waals surface area contributed by atoms with Gasteiger partial charge in [-0.2, -0.15) is 0 Å². The van der Waals surface area contributed by atoms with E-state index in [1.165, 1.54) is 6.92 Å². The quantitative estimate of drug-likeness (QED) is 0.216. The molecule has 0 aromatic rings. The summed E-state index contributed by atoms with van der Waals surface area (Å²) in [6.45, 7) is 17.5. The first kappa shape index (κ1) is 49.1. The van der Waals surface area contributed by atoms with Gasteiger partial charge in [-0.3, -0.25) is 9.59 Å². The molecule has 15 heteroatoms. The summed E-state index contributed by atoms with van der Waals surface area (Å²) in [7, 11) is 3.27. The lowest BCUT2D eigenvalue weighted by Crippen LogP contribution is -2.58. The van der Waals surface area contributed by atoms with Gasteiger partial charge < -0.3 is 62.9 Å². The standard InChI is InChI=1S/C49H73NO14/c1-25(2)43-28(5)17-18-48(64-43)23-35-20-34(63-48)16-15-27(4)44(26(3)13-12-14-33-24-57-46-42(52)29(6)19-36(47(53)60-35)49(33,46)54)61-40-22-38(56-11)45(31(8)59-40)62-39-21-37(55-10)41(30(7)58-39)50-32(9)51/h12-15,17-19,25-26,28,30-31,34-46,52,54H,16,20-24H2,1-11H3,(H,50,51)/b13-12+,27-15+,33-14?/t26-,28-,30-,31-,34+,35-,36-,37-,38-,39-,40-,41-,42+,43+,44-,45-,46+,48+,49+/m0/s1. The number of allylic oxidation sites excluding steroid dienone is 2. The number of hydrogen-bond donors (Lipinski definition) is 3. The summed E-state index contributed by atoms with van der Waals surface area (Å²) in [5.41, 5.74) is 0.112. The number of ether oxygens (including phenoxy) is 10. The average molecular weight is 900 g/mol. The van der Waals surface area contributed by atoms with E-state index in [0.29, 0.717) is 36.8 Å². The molecule has 7 aliphatic rings. The molecule has 358 valence electrons. The fraction of sp³-hybridized carbons (Fsp3) is 0.755. The molecule has 1 spiro atoms. The van der Waals surface area contributed by atoms with Crippen LogP contribution in [0.25, 0.3) is 0 Å². The van der Waals surface area contributed by atoms with Crippen LogP contribution in [0.4, 0.5) is 0 Å². The Kier molecular flexibility index (Phi) is 15.5. The molecule has 4 fully saturated rings. The Hall–Kier alpha value is -2.80. The fourth-order valence-electron chi connectivity index (χ4n) is 10.9. The maximum atomic E-state index is 14.3. The summed E-state index contributed by atoms with van der Waals surface area (Å²) in [5, 5.41) is 26.7. The topological polar surface area (TPSA) is 179 Å². The van der Waals surface area contributed by atoms with E-state index >= 15 is 0 Å². The Morgan fingerprint density at radius 2 is 1.61 bits per heavy atom. The molecule has 0 unspecified atom stereocenters. The highest BCUT2D eigenvalue weighted by molar-refractivity contribution is 5.78. The van der Waals surface area contributed by atoms with Gasteiger partial charge in [0.25, 0.3) is 0 Å². The number of rotatable bonds is 8. The van der Waals surface area contributed by atoms with Crippen molar-refractivity contribution in [1.29, 1.82) is 0 Å². The van der Waals surface area contributed by atoms with Crippen molar-refractivity contribution in [2.45, 2.75) is 192 Å². The van der Waals surface area contributed by atoms with Crippen molar-refractivity contribution in [2.24, 2.45) is 23.7 Å². The van der Waals surface area contributed by atoms with Crippen LogP contribution < -0.4 is 5.32 Å². The van der Waals surface area contributed by atoms with Gasteiger partial charge in [0.15, 0.2) is 18.4 Å². The molecular formula is C49H73NO14. The molecule has 0 radical (unpaired) electrons. The molecule has 2 bridgehead atoms. The van der Waals surface area contributed by atoms with Crippen molar-refractivity contribution in [3.8, 4) is 0 Å². The maximum absolute atomic E-state index is 14.3. The van der Waals surface area contributed by atoms with Crippen LogP contribution in [0.15, 0.2) is 59.3 Å². The molecule has 15 nitrogen and oxygen atoms in total. The zero-order valence-corrected chi connectivity index (χ0v) is 39.5. The molecule has 0 saturated carbocycles. The van der Waals surface area contributed by atoms with Crippen LogP contribution in [0.3, 0.4) is 0 Å². The third-order valence-corrected chi connectivity index (χ3v) is 14.4. The summed E-state index contributed by atoms with van der Waals surface area (Å²) in [6, 6.07) is -0.314. The zero-order chi connectivity index (χ0) is 46.2. The lowest BCUT2D eigenvalue weighted by molar-refractivity contribution is -0.311. The van der Waals surface area contributed by atoms with E-state index in [1.807, 2.05) is 39.0 Å². The highest BCUT2D eigenvalue weighted by Crippen LogP contribution is 2.47. The lowest BCUT2D eigenvalue weighted by atomic mass is 9.71. The van der Waals surface area contributed by atoms with Crippen molar-refractivity contribution in [1.82, 2.24) is 5.32 Å². The van der Waals surface area contributed by atoms with Gasteiger partial charge in [0, 0.05) is 58.7 Å². The number of amides is 1. The molecule has 3 N–H and O–H groups in total. The highest BCUT2D eigenvalue weighted by Gasteiger charge is 2.60. The smallest absolute Gasteiger partial charge is 0.316 e. The molecule has 6 aliphatic heterocycles. The third-order valence-electron chi connectivity index (χ3n) is 14.4. The van der Waals surface area contributed by atoms with Crippen LogP contribution in [0.1, 0.15) is 94.4 Å². The molecule has 0 aromatic carbocycles. The van der Waals surface area contributed by atoms with E-state index in [9.17, 15) is 19.8 Å². The van der Waals surface area contributed by atoms with E-state index in [-0.39, 0.29) is 61.0 Å². The highest BCUT2D eigenvalue weighted by atomic mass is 16.7. The summed E-state index contributed by atoms with van der Waals surface area (Å²) in [5.74, 6) is -2.81. The van der Waals surface area contributed by atoms with Gasteiger partial charge in [0.2, 0.25) is 5.91 Å². The molecule has 1 aliphatic carbocycles. The Labute approximate surface area is 378 Å². The van der Waals surface area contributed by atoms with Crippen molar-refractivity contribution >= 4 is 11.9 Å². The molecule has 6 heterocycles. The molecule has 7 rings (SSSR count). The SMILES string of the molecule is CO[C@H]1C[C@H](O[C@H]2[C@H](C)O[C@@H](O[C@@H]3/C(C)=C/C[C@@H]4C[C@@H](C[C@]5(C=C[C@H](C)[C@@H](C(C)C)O5)O4)OC(=O)[C@@H]4C=C(C)[C@@H](O)[C@H]5OCC(=C/C=C/[C@@H]3C)[C@]54O)C[C@@H]2OC)O[C@@H](C)[C@@H]1NC(C)=O. The van der Waals surface area contributed by atoms with E-state index in [1.54, 1.807) is 33.3 Å². The Balaban J connectivity index is 1.16. The predicted octanol–water partition coefficient (Wildman–Crippen LogP) is 5.13. The largest absolute Gasteiger partial charge is 0.462 e. The minimum Gasteiger partial charge on any atom is -0.462 e. The van der Waals surface area contributed by atoms with Crippen molar-refractivity contribution in [3.05, 3.63) is 59.3 Å². The Bertz CT molecular complexity index is 1830. The second-order valence-corrected chi connectivity index (χ2v) is 19.5. The summed E-state index contributed by atoms with van der Waals surface area (Å²) >= 11 is 0. The van der Waals surface area contributed by atoms with E-state index < -0.39 is 84.7 Å². The molecule has 0 aromatic heterocycles. The van der Waals surface area contributed by atoms with Crippen LogP contribution in [-0.2, 0) is 57.0 Å². The molecule has 64 heavy (non-hydrogen) atoms. The monoisotopic (exact) mass is 900 g/mol. The number of aliphatic hydroxyl groups excluding tert-OH is 1. The van der Waals surface area contributed by atoms with Gasteiger partial charge in [0.05, 0.1) is 55.4 Å². The van der Waals surface area contributed by atoms with Crippen LogP contribution in [0.2, 0.25) is 0 Å². The number of carbonyl (C=O) groups excluding carboxylic acids is 2. The molecular weight excluding hydrogens is 827 g/mol. The van der Waals surface area contributed by atoms with Gasteiger partial charge in [-0.15, -0.1) is 0 Å². The minimum atomic E-state index is -1.84. The van der Waals surface area contributed by atoms with Gasteiger partial charge >= 0.3 is 5.97 Å². The number of methoxy groups -OCH3 is 2. The van der Waals surface area contributed by atoms with E-state index in [4.69, 9.17) is 47.4 Å². The number of aliphatic hydroxyl groups is 2. The average Bonchev–Trinajstić information content (AvgIpc) is 3.58. The molecule has 4 saturated heterocycles. The van der Waals surface area contributed by atoms with Crippen LogP contribution in [0, 0.1) is 23.7 Å². The third kappa shape index (κ3) is 10.2. The zero-order valence-electron chi connectivity index (χ0n) is 39.5. The van der Waals surface area contributed by atoms with Gasteiger partial charge in [-0.1, -0.05) is 64.2 Å². The summed E-state index contributed by atoms with van der Waals surface area (Å²) in [6.07, 6.45) is 8.46. The van der Waals surface area contributed by atoms with Crippen LogP contribution in [-0.4, -0.2) is 140 Å². The first-order valence-electron chi connectivity index (χ1n) is 23.3. The van der Waals surface area contributed by atoms with Gasteiger partial charge in [-0.25, -0.2) is 0 Å². The number of hydrogen-bond acceptors (Lipinski definition) is 14. The maximum Gasteiger partial charge on any atom is 0.316 e. The van der Waals surface area contributed by atoms with Crippen LogP contribution in [0.5, 0.6) is 0 Å². The normalized spacial score (nSPS) is 46.6. The van der Waals surface area contributed by atoms with Gasteiger partial charge in [0.1, 0.15) is 35.9 Å². The number of carbonyl (C=O) groups is 2. The Morgan fingerprint density at radius 3 is 2.31 bits per heavy atom. The minimum absolute atomic E-state index is 0.0266. The number of fused-ring (bicyclic) bond motifs is 2. The van der Waals surface area contributed by atoms with E-state index in [0.717, 1.165) is 5.57 Å². The fourth-order valence-corrected chi connectivity index (χ4v) is 10.9. The van der Waals surface area contributed by atoms with Crippen molar-refractivity contribution in [2.75, 3.05) is 20.8 Å². The molecule has 19 atom stereocenters. The van der Waals surface area contributed by atoms with Gasteiger partial charge in [-0.05, 0) is 62.8 Å². The Morgan fingerprint density at radius 1 is 0.906 bits per heavy atom. The van der Waals surface area contributed by atoms with Crippen molar-refractivity contribution < 1.29 is 67.2 Å². The number of esters is 1. The second kappa shape index (κ2) is 20.2. The van der Waals surface area contributed by atoms with E-state index in [2.05, 4.69) is 45.2 Å². The summed E-state index contributed by atoms with van der Waals surface area (Å²) < 4.78 is 64.2. The molecule has 1 amide bonds. The lowest BCUT2D eigenvalue weighted by Gasteiger charge is -2.48. The van der Waals surface area contributed by atoms with Crippen molar-refractivity contribution in [3.63, 3.8) is 0 Å². The first-order chi connectivity index (χ1) is 30.4. The predicted molar refractivity (Wildman–Crippen MR) is 234 cm³/mol. The summed E-state index contributed by atoms with van der Waals surface area (Å²) in [4.78, 5) is 26.2. The first-order valence-corrected chi connectivity index (χ1v) is 23.3. The second-order valence-electron chi connectivity index (χ2n) is 19.5. The number of nitrogens with one attached hydrogen (secondary N) is 1.